The number of hydrogen-bond acceptors (Lipinski definition) is 17. The molecule has 19 nitrogen and oxygen atoms in total. The lowest BCUT2D eigenvalue weighted by atomic mass is 10.2. The van der Waals surface area contributed by atoms with Crippen LogP contribution in [0, 0.1) is 10.1 Å². The number of benzene rings is 1. The minimum atomic E-state index is -0.968. The number of hydroxylamine groups is 1. The summed E-state index contributed by atoms with van der Waals surface area (Å²) in [4.78, 5) is 61.8. The number of halogens is 1. The number of non-ortho nitro benzene ring substituents is 1. The standard InChI is InChI=1S/C36H55ClN2O17/c37-15-3-1-2-4-16-46-21-22-47-18-8-10-34(41)52-28-25-50-27-30-55-38-35(42)53-20-6-5-19-51-33(40)9-7-17-48-23-24-49-26-29-54-36(43)56-32-13-11-31(12-14-32)39(44)45/h5-6,11-14H,1-4,7-10,15-30H2,(H,38,42)/b6-5+. The summed E-state index contributed by atoms with van der Waals surface area (Å²) in [5.74, 6) is 0.0540. The molecule has 0 saturated heterocycles. The van der Waals surface area contributed by atoms with Gasteiger partial charge in [-0.15, -0.1) is 11.6 Å². The van der Waals surface area contributed by atoms with Crippen molar-refractivity contribution in [3.05, 3.63) is 46.5 Å². The molecule has 0 unspecified atom stereocenters. The topological polar surface area (TPSA) is 225 Å². The van der Waals surface area contributed by atoms with E-state index in [-0.39, 0.29) is 96.3 Å². The number of carbonyl (C=O) groups is 4. The summed E-state index contributed by atoms with van der Waals surface area (Å²) in [5, 5.41) is 10.6. The van der Waals surface area contributed by atoms with E-state index in [9.17, 15) is 29.3 Å². The molecule has 56 heavy (non-hydrogen) atoms. The fourth-order valence-corrected chi connectivity index (χ4v) is 4.17. The van der Waals surface area contributed by atoms with E-state index in [4.69, 9.17) is 63.8 Å². The van der Waals surface area contributed by atoms with E-state index < -0.39 is 23.1 Å². The SMILES string of the molecule is O=C(CCCOCCOCCOC(=O)Oc1ccc([N+](=O)[O-])cc1)OC/C=C/COC(=O)NOCCOCCOC(=O)CCCOCCOCCCCCCCl. The number of carbonyl (C=O) groups excluding carboxylic acids is 4. The lowest BCUT2D eigenvalue weighted by Gasteiger charge is -2.08. The third-order valence-corrected chi connectivity index (χ3v) is 7.01. The average Bonchev–Trinajstić information content (AvgIpc) is 3.18. The summed E-state index contributed by atoms with van der Waals surface area (Å²) in [7, 11) is 0. The molecule has 1 aromatic carbocycles. The van der Waals surface area contributed by atoms with Crippen molar-refractivity contribution >= 4 is 41.5 Å². The zero-order chi connectivity index (χ0) is 40.7. The molecule has 0 heterocycles. The monoisotopic (exact) mass is 822 g/mol. The number of hydrogen-bond donors (Lipinski definition) is 1. The Morgan fingerprint density at radius 3 is 1.70 bits per heavy atom. The lowest BCUT2D eigenvalue weighted by Crippen LogP contribution is -2.26. The highest BCUT2D eigenvalue weighted by Crippen LogP contribution is 2.17. The molecule has 0 aliphatic heterocycles. The van der Waals surface area contributed by atoms with Crippen LogP contribution in [0.4, 0.5) is 15.3 Å². The Hall–Kier alpha value is -4.11. The number of amides is 1. The Balaban J connectivity index is 1.82. The van der Waals surface area contributed by atoms with Gasteiger partial charge in [-0.25, -0.2) is 9.59 Å². The average molecular weight is 823 g/mol. The van der Waals surface area contributed by atoms with Crippen molar-refractivity contribution in [2.45, 2.75) is 51.4 Å². The first-order valence-electron chi connectivity index (χ1n) is 18.4. The van der Waals surface area contributed by atoms with Gasteiger partial charge in [-0.1, -0.05) is 12.8 Å². The number of nitrogens with one attached hydrogen (secondary N) is 1. The Morgan fingerprint density at radius 2 is 1.09 bits per heavy atom. The van der Waals surface area contributed by atoms with Crippen molar-refractivity contribution in [1.29, 1.82) is 0 Å². The van der Waals surface area contributed by atoms with Crippen LogP contribution in [-0.2, 0) is 57.1 Å². The Labute approximate surface area is 331 Å². The Kier molecular flexibility index (Phi) is 32.6. The highest BCUT2D eigenvalue weighted by molar-refractivity contribution is 6.17. The molecule has 0 aliphatic rings. The van der Waals surface area contributed by atoms with Gasteiger partial charge in [0.1, 0.15) is 32.2 Å². The van der Waals surface area contributed by atoms with Gasteiger partial charge in [-0.05, 0) is 50.0 Å². The van der Waals surface area contributed by atoms with Crippen LogP contribution in [0.3, 0.4) is 0 Å². The molecule has 0 saturated carbocycles. The summed E-state index contributed by atoms with van der Waals surface area (Å²) in [6.45, 7) is 3.45. The molecule has 0 bridgehead atoms. The minimum Gasteiger partial charge on any atom is -0.463 e. The number of unbranched alkanes of at least 4 members (excludes halogenated alkanes) is 3. The van der Waals surface area contributed by atoms with Crippen LogP contribution in [0.1, 0.15) is 51.4 Å². The summed E-state index contributed by atoms with van der Waals surface area (Å²) >= 11 is 5.64. The summed E-state index contributed by atoms with van der Waals surface area (Å²) < 4.78 is 51.6. The molecule has 0 atom stereocenters. The number of nitrogens with zero attached hydrogens (tertiary/aromatic N) is 1. The van der Waals surface area contributed by atoms with Gasteiger partial charge < -0.3 is 47.4 Å². The predicted octanol–water partition coefficient (Wildman–Crippen LogP) is 4.85. The maximum absolute atomic E-state index is 11.8. The lowest BCUT2D eigenvalue weighted by molar-refractivity contribution is -0.384. The van der Waals surface area contributed by atoms with Crippen LogP contribution in [0.5, 0.6) is 5.75 Å². The van der Waals surface area contributed by atoms with E-state index in [0.717, 1.165) is 25.7 Å². The fraction of sp³-hybridized carbons (Fsp3) is 0.667. The summed E-state index contributed by atoms with van der Waals surface area (Å²) in [6.07, 6.45) is 6.91. The van der Waals surface area contributed by atoms with Gasteiger partial charge in [0.2, 0.25) is 0 Å². The predicted molar refractivity (Wildman–Crippen MR) is 198 cm³/mol. The second-order valence-corrected chi connectivity index (χ2v) is 11.6. The first kappa shape index (κ1) is 49.9. The number of nitro benzene ring substituents is 1. The smallest absolute Gasteiger partial charge is 0.463 e. The summed E-state index contributed by atoms with van der Waals surface area (Å²) in [5.41, 5.74) is 1.97. The molecule has 20 heteroatoms. The van der Waals surface area contributed by atoms with Gasteiger partial charge in [-0.3, -0.25) is 24.5 Å². The fourth-order valence-electron chi connectivity index (χ4n) is 3.98. The highest BCUT2D eigenvalue weighted by Gasteiger charge is 2.09. The number of ether oxygens (including phenoxy) is 10. The van der Waals surface area contributed by atoms with Crippen LogP contribution < -0.4 is 10.2 Å². The largest absolute Gasteiger partial charge is 0.513 e. The number of rotatable bonds is 36. The van der Waals surface area contributed by atoms with Crippen LogP contribution in [-0.4, -0.2) is 134 Å². The van der Waals surface area contributed by atoms with Crippen molar-refractivity contribution in [3.8, 4) is 5.75 Å². The first-order chi connectivity index (χ1) is 27.3. The second-order valence-electron chi connectivity index (χ2n) is 11.2. The minimum absolute atomic E-state index is 0.00622. The van der Waals surface area contributed by atoms with E-state index in [2.05, 4.69) is 5.48 Å². The van der Waals surface area contributed by atoms with Crippen LogP contribution in [0.2, 0.25) is 0 Å². The number of nitro groups is 1. The molecule has 318 valence electrons. The Bertz CT molecular complexity index is 1220. The highest BCUT2D eigenvalue weighted by atomic mass is 35.5. The number of esters is 2. The zero-order valence-corrected chi connectivity index (χ0v) is 32.5. The molecule has 0 spiro atoms. The summed E-state index contributed by atoms with van der Waals surface area (Å²) in [6, 6.07) is 4.97. The van der Waals surface area contributed by atoms with Gasteiger partial charge >= 0.3 is 24.2 Å². The van der Waals surface area contributed by atoms with Gasteiger partial charge in [-0.2, -0.15) is 5.48 Å². The molecule has 1 N–H and O–H groups in total. The molecule has 1 rings (SSSR count). The normalized spacial score (nSPS) is 10.9. The molecular formula is C36H55ClN2O17. The first-order valence-corrected chi connectivity index (χ1v) is 18.9. The molecular weight excluding hydrogens is 768 g/mol. The van der Waals surface area contributed by atoms with Crippen molar-refractivity contribution < 1.29 is 76.3 Å². The number of alkyl halides is 1. The van der Waals surface area contributed by atoms with Gasteiger partial charge in [0.25, 0.3) is 5.69 Å². The van der Waals surface area contributed by atoms with Gasteiger partial charge in [0, 0.05) is 50.7 Å². The van der Waals surface area contributed by atoms with E-state index in [1.165, 1.54) is 36.4 Å². The van der Waals surface area contributed by atoms with E-state index in [0.29, 0.717) is 51.8 Å². The molecule has 0 fully saturated rings. The van der Waals surface area contributed by atoms with E-state index in [1.807, 2.05) is 0 Å². The molecule has 0 aromatic heterocycles. The van der Waals surface area contributed by atoms with Gasteiger partial charge in [0.05, 0.1) is 57.8 Å². The van der Waals surface area contributed by atoms with Crippen molar-refractivity contribution in [2.24, 2.45) is 0 Å². The maximum atomic E-state index is 11.8. The van der Waals surface area contributed by atoms with E-state index >= 15 is 0 Å². The third-order valence-electron chi connectivity index (χ3n) is 6.75. The van der Waals surface area contributed by atoms with Crippen molar-refractivity contribution in [1.82, 2.24) is 5.48 Å². The van der Waals surface area contributed by atoms with Crippen LogP contribution >= 0.6 is 11.6 Å². The Morgan fingerprint density at radius 1 is 0.589 bits per heavy atom. The molecule has 0 radical (unpaired) electrons. The quantitative estimate of drug-likeness (QED) is 0.0139. The van der Waals surface area contributed by atoms with Crippen molar-refractivity contribution in [2.75, 3.05) is 105 Å². The maximum Gasteiger partial charge on any atom is 0.513 e. The molecule has 1 amide bonds. The van der Waals surface area contributed by atoms with Crippen LogP contribution in [0.25, 0.3) is 0 Å². The molecule has 0 aliphatic carbocycles. The van der Waals surface area contributed by atoms with Crippen LogP contribution in [0.15, 0.2) is 36.4 Å². The molecule has 1 aromatic rings. The zero-order valence-electron chi connectivity index (χ0n) is 31.7. The van der Waals surface area contributed by atoms with E-state index in [1.54, 1.807) is 0 Å². The second kappa shape index (κ2) is 36.5. The van der Waals surface area contributed by atoms with Crippen molar-refractivity contribution in [3.63, 3.8) is 0 Å². The van der Waals surface area contributed by atoms with Gasteiger partial charge in [0.15, 0.2) is 0 Å². The third kappa shape index (κ3) is 32.2.